The minimum Gasteiger partial charge on any atom is -0.348 e. The summed E-state index contributed by atoms with van der Waals surface area (Å²) < 4.78 is 0. The fraction of sp³-hybridized carbons (Fsp3) is 0.500. The molecule has 0 radical (unpaired) electrons. The predicted octanol–water partition coefficient (Wildman–Crippen LogP) is 0.435. The van der Waals surface area contributed by atoms with Crippen LogP contribution in [0.3, 0.4) is 0 Å². The van der Waals surface area contributed by atoms with E-state index in [-0.39, 0.29) is 11.9 Å². The van der Waals surface area contributed by atoms with Gasteiger partial charge in [-0.15, -0.1) is 0 Å². The van der Waals surface area contributed by atoms with Crippen molar-refractivity contribution in [1.82, 2.24) is 15.3 Å². The van der Waals surface area contributed by atoms with Gasteiger partial charge in [-0.2, -0.15) is 0 Å². The van der Waals surface area contributed by atoms with E-state index in [1.807, 2.05) is 0 Å². The average Bonchev–Trinajstić information content (AvgIpc) is 2.82. The van der Waals surface area contributed by atoms with Gasteiger partial charge in [0.05, 0.1) is 12.4 Å². The predicted molar refractivity (Wildman–Crippen MR) is 59.6 cm³/mol. The number of nitrogens with two attached hydrogens (primary N) is 1. The first-order valence-electron chi connectivity index (χ1n) is 5.39. The summed E-state index contributed by atoms with van der Waals surface area (Å²) in [5, 5.41) is 2.94. The van der Waals surface area contributed by atoms with Gasteiger partial charge < -0.3 is 10.7 Å². The summed E-state index contributed by atoms with van der Waals surface area (Å²) in [4.78, 5) is 19.7. The van der Waals surface area contributed by atoms with Crippen molar-refractivity contribution in [3.63, 3.8) is 0 Å². The molecule has 2 rings (SSSR count). The Hall–Kier alpha value is -1.69. The quantitative estimate of drug-likeness (QED) is 0.508. The number of hydrazine groups is 1. The van der Waals surface area contributed by atoms with Gasteiger partial charge in [0, 0.05) is 6.04 Å². The molecule has 0 spiro atoms. The number of anilines is 1. The number of hydrogen-bond acceptors (Lipinski definition) is 5. The molecule has 0 aromatic carbocycles. The van der Waals surface area contributed by atoms with Gasteiger partial charge in [0.2, 0.25) is 0 Å². The highest BCUT2D eigenvalue weighted by Gasteiger charge is 2.18. The van der Waals surface area contributed by atoms with Crippen molar-refractivity contribution in [2.45, 2.75) is 31.7 Å². The second-order valence-corrected chi connectivity index (χ2v) is 3.89. The van der Waals surface area contributed by atoms with Crippen LogP contribution in [-0.4, -0.2) is 21.9 Å². The standard InChI is InChI=1S/C10H15N5O/c11-15-9-6-12-5-8(14-9)10(16)13-7-3-1-2-4-7/h5-7H,1-4,11H2,(H,13,16)(H,14,15). The Balaban J connectivity index is 2.01. The number of carbonyl (C=O) groups excluding carboxylic acids is 1. The second kappa shape index (κ2) is 4.89. The lowest BCUT2D eigenvalue weighted by Gasteiger charge is -2.11. The van der Waals surface area contributed by atoms with E-state index < -0.39 is 0 Å². The minimum atomic E-state index is -0.184. The van der Waals surface area contributed by atoms with E-state index in [1.54, 1.807) is 0 Å². The van der Waals surface area contributed by atoms with Crippen LogP contribution < -0.4 is 16.6 Å². The summed E-state index contributed by atoms with van der Waals surface area (Å²) in [5.74, 6) is 5.40. The number of nitrogen functional groups attached to an aromatic ring is 1. The summed E-state index contributed by atoms with van der Waals surface area (Å²) in [6, 6.07) is 0.281. The number of nitrogens with one attached hydrogen (secondary N) is 2. The highest BCUT2D eigenvalue weighted by molar-refractivity contribution is 5.92. The van der Waals surface area contributed by atoms with Gasteiger partial charge in [-0.25, -0.2) is 10.8 Å². The van der Waals surface area contributed by atoms with Crippen LogP contribution in [0.1, 0.15) is 36.2 Å². The molecule has 1 aliphatic carbocycles. The van der Waals surface area contributed by atoms with Gasteiger partial charge in [0.1, 0.15) is 5.69 Å². The first kappa shape index (κ1) is 10.8. The van der Waals surface area contributed by atoms with Crippen LogP contribution in [0.25, 0.3) is 0 Å². The molecule has 1 aliphatic rings. The monoisotopic (exact) mass is 221 g/mol. The SMILES string of the molecule is NNc1cncc(C(=O)NC2CCCC2)n1. The zero-order valence-corrected chi connectivity index (χ0v) is 8.94. The Morgan fingerprint density at radius 1 is 1.38 bits per heavy atom. The van der Waals surface area contributed by atoms with Gasteiger partial charge in [-0.1, -0.05) is 12.8 Å². The van der Waals surface area contributed by atoms with E-state index in [4.69, 9.17) is 5.84 Å². The average molecular weight is 221 g/mol. The molecule has 0 unspecified atom stereocenters. The smallest absolute Gasteiger partial charge is 0.271 e. The third-order valence-electron chi connectivity index (χ3n) is 2.71. The van der Waals surface area contributed by atoms with E-state index in [9.17, 15) is 4.79 Å². The van der Waals surface area contributed by atoms with E-state index in [2.05, 4.69) is 20.7 Å². The molecule has 1 saturated carbocycles. The lowest BCUT2D eigenvalue weighted by atomic mass is 10.2. The first-order chi connectivity index (χ1) is 7.79. The van der Waals surface area contributed by atoms with E-state index >= 15 is 0 Å². The second-order valence-electron chi connectivity index (χ2n) is 3.89. The largest absolute Gasteiger partial charge is 0.348 e. The van der Waals surface area contributed by atoms with Gasteiger partial charge in [0.15, 0.2) is 5.82 Å². The molecule has 4 N–H and O–H groups in total. The number of aromatic nitrogens is 2. The fourth-order valence-corrected chi connectivity index (χ4v) is 1.87. The Labute approximate surface area is 93.6 Å². The maximum atomic E-state index is 11.8. The van der Waals surface area contributed by atoms with Gasteiger partial charge in [0.25, 0.3) is 5.91 Å². The van der Waals surface area contributed by atoms with Crippen molar-refractivity contribution >= 4 is 11.7 Å². The van der Waals surface area contributed by atoms with Crippen molar-refractivity contribution in [2.75, 3.05) is 5.43 Å². The summed E-state index contributed by atoms with van der Waals surface area (Å²) >= 11 is 0. The van der Waals surface area contributed by atoms with E-state index in [0.29, 0.717) is 11.5 Å². The number of amides is 1. The summed E-state index contributed by atoms with van der Waals surface area (Å²) in [6.45, 7) is 0. The van der Waals surface area contributed by atoms with Crippen molar-refractivity contribution in [1.29, 1.82) is 0 Å². The highest BCUT2D eigenvalue weighted by atomic mass is 16.1. The number of carbonyl (C=O) groups is 1. The van der Waals surface area contributed by atoms with E-state index in [1.165, 1.54) is 25.2 Å². The molecule has 1 heterocycles. The molecule has 1 fully saturated rings. The molecule has 6 nitrogen and oxygen atoms in total. The van der Waals surface area contributed by atoms with Crippen molar-refractivity contribution in [3.05, 3.63) is 18.1 Å². The molecule has 0 saturated heterocycles. The van der Waals surface area contributed by atoms with Gasteiger partial charge in [-0.05, 0) is 12.8 Å². The van der Waals surface area contributed by atoms with Crippen LogP contribution in [0.4, 0.5) is 5.82 Å². The van der Waals surface area contributed by atoms with Crippen LogP contribution in [0.5, 0.6) is 0 Å². The molecule has 0 atom stereocenters. The molecular formula is C10H15N5O. The maximum absolute atomic E-state index is 11.8. The Kier molecular flexibility index (Phi) is 3.31. The molecular weight excluding hydrogens is 206 g/mol. The Morgan fingerprint density at radius 2 is 2.12 bits per heavy atom. The Morgan fingerprint density at radius 3 is 2.81 bits per heavy atom. The normalized spacial score (nSPS) is 16.1. The maximum Gasteiger partial charge on any atom is 0.271 e. The molecule has 1 aromatic heterocycles. The molecule has 16 heavy (non-hydrogen) atoms. The van der Waals surface area contributed by atoms with Gasteiger partial charge in [-0.3, -0.25) is 9.78 Å². The third-order valence-corrected chi connectivity index (χ3v) is 2.71. The highest BCUT2D eigenvalue weighted by Crippen LogP contribution is 2.17. The van der Waals surface area contributed by atoms with Crippen molar-refractivity contribution in [3.8, 4) is 0 Å². The molecule has 1 aromatic rings. The topological polar surface area (TPSA) is 92.9 Å². The Bertz CT molecular complexity index is 375. The lowest BCUT2D eigenvalue weighted by Crippen LogP contribution is -2.33. The van der Waals surface area contributed by atoms with Crippen LogP contribution >= 0.6 is 0 Å². The number of hydrogen-bond donors (Lipinski definition) is 3. The van der Waals surface area contributed by atoms with E-state index in [0.717, 1.165) is 12.8 Å². The fourth-order valence-electron chi connectivity index (χ4n) is 1.87. The first-order valence-corrected chi connectivity index (χ1v) is 5.39. The molecule has 0 bridgehead atoms. The zero-order valence-electron chi connectivity index (χ0n) is 8.94. The molecule has 6 heteroatoms. The van der Waals surface area contributed by atoms with Crippen LogP contribution in [-0.2, 0) is 0 Å². The van der Waals surface area contributed by atoms with Crippen LogP contribution in [0.15, 0.2) is 12.4 Å². The molecule has 0 aliphatic heterocycles. The minimum absolute atomic E-state index is 0.184. The molecule has 86 valence electrons. The van der Waals surface area contributed by atoms with Crippen LogP contribution in [0.2, 0.25) is 0 Å². The van der Waals surface area contributed by atoms with Crippen molar-refractivity contribution < 1.29 is 4.79 Å². The van der Waals surface area contributed by atoms with Crippen molar-refractivity contribution in [2.24, 2.45) is 5.84 Å². The summed E-state index contributed by atoms with van der Waals surface area (Å²) in [6.07, 6.45) is 7.36. The molecule has 1 amide bonds. The van der Waals surface area contributed by atoms with Gasteiger partial charge >= 0.3 is 0 Å². The van der Waals surface area contributed by atoms with Crippen LogP contribution in [0, 0.1) is 0 Å². The third kappa shape index (κ3) is 2.46. The number of nitrogens with zero attached hydrogens (tertiary/aromatic N) is 2. The lowest BCUT2D eigenvalue weighted by molar-refractivity contribution is 0.0932. The summed E-state index contributed by atoms with van der Waals surface area (Å²) in [7, 11) is 0. The number of rotatable bonds is 3. The zero-order chi connectivity index (χ0) is 11.4. The summed E-state index contributed by atoms with van der Waals surface area (Å²) in [5.41, 5.74) is 2.66.